The Hall–Kier alpha value is -2.33. The number of aromatic amines is 1. The maximum Gasteiger partial charge on any atom is 0.422 e. The molecule has 0 saturated heterocycles. The number of ether oxygens (including phenoxy) is 1. The molecular weight excluding hydrogens is 441 g/mol. The van der Waals surface area contributed by atoms with E-state index in [0.717, 1.165) is 34.0 Å². The van der Waals surface area contributed by atoms with Crippen molar-refractivity contribution in [3.8, 4) is 5.06 Å². The number of hydrogen-bond donors (Lipinski definition) is 2. The minimum atomic E-state index is -4.38. The molecule has 0 aromatic carbocycles. The summed E-state index contributed by atoms with van der Waals surface area (Å²) in [5.41, 5.74) is 1.36. The number of nitrogens with one attached hydrogen (secondary N) is 2. The number of aromatic nitrogens is 3. The minimum Gasteiger partial charge on any atom is -0.475 e. The van der Waals surface area contributed by atoms with E-state index >= 15 is 0 Å². The molecule has 0 spiro atoms. The predicted molar refractivity (Wildman–Crippen MR) is 107 cm³/mol. The fourth-order valence-corrected chi connectivity index (χ4v) is 4.30. The molecule has 0 aliphatic heterocycles. The molecule has 2 N–H and O–H groups in total. The summed E-state index contributed by atoms with van der Waals surface area (Å²) < 4.78 is 41.5. The van der Waals surface area contributed by atoms with Crippen molar-refractivity contribution < 1.29 is 22.7 Å². The van der Waals surface area contributed by atoms with Gasteiger partial charge in [0.25, 0.3) is 0 Å². The highest BCUT2D eigenvalue weighted by Gasteiger charge is 2.42. The molecular formula is C19H18ClF3N4O2S. The number of alkyl halides is 3. The Morgan fingerprint density at radius 3 is 3.03 bits per heavy atom. The summed E-state index contributed by atoms with van der Waals surface area (Å²) in [5, 5.41) is 3.59. The molecule has 6 nitrogen and oxygen atoms in total. The van der Waals surface area contributed by atoms with Crippen LogP contribution in [-0.2, 0) is 4.79 Å². The molecule has 3 aromatic rings. The van der Waals surface area contributed by atoms with Gasteiger partial charge in [-0.25, -0.2) is 9.97 Å². The third-order valence-corrected chi connectivity index (χ3v) is 6.22. The maximum atomic E-state index is 12.4. The average molecular weight is 459 g/mol. The van der Waals surface area contributed by atoms with Crippen LogP contribution in [0.3, 0.4) is 0 Å². The van der Waals surface area contributed by atoms with Crippen molar-refractivity contribution in [2.24, 2.45) is 5.92 Å². The summed E-state index contributed by atoms with van der Waals surface area (Å²) in [5.74, 6) is 1.04. The van der Waals surface area contributed by atoms with Crippen molar-refractivity contribution >= 4 is 40.0 Å². The summed E-state index contributed by atoms with van der Waals surface area (Å²) in [6, 6.07) is 4.58. The first-order valence-corrected chi connectivity index (χ1v) is 10.5. The third kappa shape index (κ3) is 5.04. The van der Waals surface area contributed by atoms with E-state index in [0.29, 0.717) is 17.1 Å². The molecule has 1 amide bonds. The highest BCUT2D eigenvalue weighted by Crippen LogP contribution is 2.48. The lowest BCUT2D eigenvalue weighted by Crippen LogP contribution is -2.26. The molecule has 160 valence electrons. The van der Waals surface area contributed by atoms with Crippen LogP contribution in [0, 0.1) is 5.92 Å². The average Bonchev–Trinajstić information content (AvgIpc) is 3.08. The van der Waals surface area contributed by atoms with Crippen molar-refractivity contribution in [1.82, 2.24) is 20.3 Å². The standard InChI is InChI=1S/C19H18ClF3N4O2S/c1-9(14-2-3-16(30-14)29-8-19(21,22)23)25-15(28)5-10-4-12(10)17-26-13-6-11(20)7-24-18(13)27-17/h2-3,6-7,9-10,12H,4-5,8H2,1H3,(H,25,28)(H,24,26,27)/t9-,10+,12+/m1/s1. The number of halogens is 4. The van der Waals surface area contributed by atoms with Crippen LogP contribution in [0.5, 0.6) is 5.06 Å². The first kappa shape index (κ1) is 20.9. The fraction of sp³-hybridized carbons (Fsp3) is 0.421. The molecule has 3 aromatic heterocycles. The predicted octanol–water partition coefficient (Wildman–Crippen LogP) is 4.98. The monoisotopic (exact) mass is 458 g/mol. The molecule has 1 saturated carbocycles. The Labute approximate surface area is 178 Å². The Bertz CT molecular complexity index is 1070. The molecule has 4 rings (SSSR count). The van der Waals surface area contributed by atoms with Gasteiger partial charge in [0.05, 0.1) is 16.6 Å². The minimum absolute atomic E-state index is 0.113. The highest BCUT2D eigenvalue weighted by molar-refractivity contribution is 7.13. The Balaban J connectivity index is 1.28. The van der Waals surface area contributed by atoms with Gasteiger partial charge in [0, 0.05) is 23.4 Å². The molecule has 30 heavy (non-hydrogen) atoms. The van der Waals surface area contributed by atoms with Crippen molar-refractivity contribution in [3.05, 3.63) is 40.1 Å². The van der Waals surface area contributed by atoms with Gasteiger partial charge in [0.1, 0.15) is 5.82 Å². The van der Waals surface area contributed by atoms with E-state index in [1.54, 1.807) is 19.1 Å². The van der Waals surface area contributed by atoms with Gasteiger partial charge in [0.15, 0.2) is 17.3 Å². The fourth-order valence-electron chi connectivity index (χ4n) is 3.28. The summed E-state index contributed by atoms with van der Waals surface area (Å²) in [6.07, 6.45) is -1.64. The molecule has 0 unspecified atom stereocenters. The topological polar surface area (TPSA) is 79.9 Å². The number of carbonyl (C=O) groups excluding carboxylic acids is 1. The molecule has 11 heteroatoms. The van der Waals surface area contributed by atoms with Crippen LogP contribution < -0.4 is 10.1 Å². The Kier molecular flexibility index (Phi) is 5.63. The Morgan fingerprint density at radius 2 is 2.27 bits per heavy atom. The number of hydrogen-bond acceptors (Lipinski definition) is 5. The first-order chi connectivity index (χ1) is 14.2. The van der Waals surface area contributed by atoms with E-state index in [2.05, 4.69) is 20.3 Å². The van der Waals surface area contributed by atoms with Crippen molar-refractivity contribution in [2.75, 3.05) is 6.61 Å². The second-order valence-electron chi connectivity index (χ2n) is 7.30. The van der Waals surface area contributed by atoms with Gasteiger partial charge in [-0.15, -0.1) is 11.3 Å². The van der Waals surface area contributed by atoms with Gasteiger partial charge in [0.2, 0.25) is 5.91 Å². The van der Waals surface area contributed by atoms with E-state index in [4.69, 9.17) is 16.3 Å². The number of carbonyl (C=O) groups is 1. The van der Waals surface area contributed by atoms with Gasteiger partial charge >= 0.3 is 6.18 Å². The number of thiophene rings is 1. The van der Waals surface area contributed by atoms with Crippen LogP contribution in [-0.4, -0.2) is 33.6 Å². The van der Waals surface area contributed by atoms with Crippen LogP contribution in [0.4, 0.5) is 13.2 Å². The zero-order valence-corrected chi connectivity index (χ0v) is 17.4. The van der Waals surface area contributed by atoms with Gasteiger partial charge in [-0.05, 0) is 37.5 Å². The third-order valence-electron chi connectivity index (χ3n) is 4.83. The van der Waals surface area contributed by atoms with Crippen molar-refractivity contribution in [2.45, 2.75) is 37.9 Å². The second kappa shape index (κ2) is 8.07. The molecule has 3 heterocycles. The summed E-state index contributed by atoms with van der Waals surface area (Å²) in [7, 11) is 0. The van der Waals surface area contributed by atoms with E-state index in [9.17, 15) is 18.0 Å². The second-order valence-corrected chi connectivity index (χ2v) is 8.82. The molecule has 1 aliphatic rings. The van der Waals surface area contributed by atoms with Crippen LogP contribution >= 0.6 is 22.9 Å². The molecule has 0 bridgehead atoms. The zero-order chi connectivity index (χ0) is 21.5. The normalized spacial score (nSPS) is 19.6. The largest absolute Gasteiger partial charge is 0.475 e. The van der Waals surface area contributed by atoms with E-state index in [1.807, 2.05) is 0 Å². The quantitative estimate of drug-likeness (QED) is 0.523. The highest BCUT2D eigenvalue weighted by atomic mass is 35.5. The van der Waals surface area contributed by atoms with Crippen LogP contribution in [0.1, 0.15) is 42.4 Å². The maximum absolute atomic E-state index is 12.4. The summed E-state index contributed by atoms with van der Waals surface area (Å²) >= 11 is 7.03. The molecule has 0 radical (unpaired) electrons. The zero-order valence-electron chi connectivity index (χ0n) is 15.8. The van der Waals surface area contributed by atoms with Crippen molar-refractivity contribution in [1.29, 1.82) is 0 Å². The number of fused-ring (bicyclic) bond motifs is 1. The number of pyridine rings is 1. The lowest BCUT2D eigenvalue weighted by atomic mass is 10.2. The Morgan fingerprint density at radius 1 is 1.47 bits per heavy atom. The van der Waals surface area contributed by atoms with Crippen LogP contribution in [0.2, 0.25) is 5.02 Å². The number of amides is 1. The van der Waals surface area contributed by atoms with E-state index < -0.39 is 12.8 Å². The lowest BCUT2D eigenvalue weighted by Gasteiger charge is -2.12. The smallest absolute Gasteiger partial charge is 0.422 e. The number of nitrogens with zero attached hydrogens (tertiary/aromatic N) is 2. The van der Waals surface area contributed by atoms with E-state index in [-0.39, 0.29) is 28.8 Å². The number of H-pyrrole nitrogens is 1. The van der Waals surface area contributed by atoms with Crippen LogP contribution in [0.25, 0.3) is 11.2 Å². The van der Waals surface area contributed by atoms with E-state index in [1.165, 1.54) is 12.3 Å². The van der Waals surface area contributed by atoms with Crippen molar-refractivity contribution in [3.63, 3.8) is 0 Å². The number of rotatable bonds is 7. The summed E-state index contributed by atoms with van der Waals surface area (Å²) in [4.78, 5) is 25.0. The van der Waals surface area contributed by atoms with Gasteiger partial charge in [-0.1, -0.05) is 11.6 Å². The molecule has 1 aliphatic carbocycles. The summed E-state index contributed by atoms with van der Waals surface area (Å²) in [6.45, 7) is 0.455. The first-order valence-electron chi connectivity index (χ1n) is 9.28. The SMILES string of the molecule is C[C@@H](NC(=O)C[C@@H]1C[C@@H]1c1nc2ncc(Cl)cc2[nH]1)c1ccc(OCC(F)(F)F)s1. The lowest BCUT2D eigenvalue weighted by molar-refractivity contribution is -0.152. The van der Waals surface area contributed by atoms with Crippen LogP contribution in [0.15, 0.2) is 24.4 Å². The van der Waals surface area contributed by atoms with Gasteiger partial charge in [-0.2, -0.15) is 13.2 Å². The number of imidazole rings is 1. The molecule has 1 fully saturated rings. The van der Waals surface area contributed by atoms with Gasteiger partial charge < -0.3 is 15.0 Å². The molecule has 3 atom stereocenters. The van der Waals surface area contributed by atoms with Gasteiger partial charge in [-0.3, -0.25) is 4.79 Å².